The smallest absolute Gasteiger partial charge is 0.144 e. The Kier molecular flexibility index (Phi) is 4.68. The maximum absolute atomic E-state index is 11.7. The van der Waals surface area contributed by atoms with E-state index in [0.29, 0.717) is 10.0 Å². The van der Waals surface area contributed by atoms with E-state index in [1.807, 2.05) is 20.8 Å². The van der Waals surface area contributed by atoms with Gasteiger partial charge >= 0.3 is 0 Å². The highest BCUT2D eigenvalue weighted by molar-refractivity contribution is 7.91. The number of hydrogen-bond donors (Lipinski definition) is 0. The second-order valence-corrected chi connectivity index (χ2v) is 7.11. The van der Waals surface area contributed by atoms with Gasteiger partial charge in [0.25, 0.3) is 0 Å². The molecule has 0 saturated carbocycles. The van der Waals surface area contributed by atoms with Crippen molar-refractivity contribution in [3.8, 4) is 0 Å². The molecule has 0 fully saturated rings. The summed E-state index contributed by atoms with van der Waals surface area (Å²) < 4.78 is 15.3. The molecule has 0 bridgehead atoms. The molecule has 0 unspecified atom stereocenters. The average molecular weight is 278 g/mol. The van der Waals surface area contributed by atoms with E-state index in [1.54, 1.807) is 18.2 Å². The van der Waals surface area contributed by atoms with Crippen molar-refractivity contribution in [2.45, 2.75) is 25.5 Å². The van der Waals surface area contributed by atoms with Gasteiger partial charge in [0, 0.05) is 15.6 Å². The van der Waals surface area contributed by atoms with Crippen LogP contribution in [0.25, 0.3) is 0 Å². The third-order valence-corrected chi connectivity index (χ3v) is 3.49. The molecule has 0 aliphatic rings. The van der Waals surface area contributed by atoms with Crippen LogP contribution in [0, 0.1) is 0 Å². The molecule has 0 spiro atoms. The third-order valence-electron chi connectivity index (χ3n) is 1.71. The third kappa shape index (κ3) is 4.34. The van der Waals surface area contributed by atoms with Crippen LogP contribution < -0.4 is 0 Å². The molecule has 16 heavy (non-hydrogen) atoms. The lowest BCUT2D eigenvalue weighted by atomic mass is 10.2. The van der Waals surface area contributed by atoms with Crippen LogP contribution in [-0.2, 0) is 11.4 Å². The molecule has 0 saturated heterocycles. The highest BCUT2D eigenvalue weighted by atomic mass is 35.5. The molecule has 1 rings (SSSR count). The first-order valence-electron chi connectivity index (χ1n) is 4.71. The van der Waals surface area contributed by atoms with Gasteiger partial charge in [0.1, 0.15) is 16.1 Å². The lowest BCUT2D eigenvalue weighted by Gasteiger charge is -2.17. The highest BCUT2D eigenvalue weighted by Gasteiger charge is 2.25. The molecule has 0 aliphatic heterocycles. The minimum absolute atomic E-state index is 0.362. The van der Waals surface area contributed by atoms with E-state index >= 15 is 0 Å². The SMILES string of the molecule is CC(C)(C)[S@@+]([O-])/N=C/c1cc(Cl)cc(Cl)c1. The lowest BCUT2D eigenvalue weighted by molar-refractivity contribution is 0.562. The molecule has 2 nitrogen and oxygen atoms in total. The molecule has 5 heteroatoms. The Labute approximate surface area is 109 Å². The number of rotatable bonds is 2. The van der Waals surface area contributed by atoms with Crippen molar-refractivity contribution >= 4 is 40.8 Å². The monoisotopic (exact) mass is 277 g/mol. The van der Waals surface area contributed by atoms with Gasteiger partial charge in [-0.05, 0) is 39.0 Å². The molecule has 1 atom stereocenters. The maximum atomic E-state index is 11.7. The highest BCUT2D eigenvalue weighted by Crippen LogP contribution is 2.20. The quantitative estimate of drug-likeness (QED) is 0.597. The largest absolute Gasteiger partial charge is 0.591 e. The first kappa shape index (κ1) is 13.8. The summed E-state index contributed by atoms with van der Waals surface area (Å²) in [5.41, 5.74) is 0.745. The summed E-state index contributed by atoms with van der Waals surface area (Å²) in [5.74, 6) is 0. The minimum atomic E-state index is -1.27. The average Bonchev–Trinajstić information content (AvgIpc) is 2.11. The van der Waals surface area contributed by atoms with E-state index in [2.05, 4.69) is 4.40 Å². The number of halogens is 2. The van der Waals surface area contributed by atoms with Gasteiger partial charge in [-0.25, -0.2) is 0 Å². The lowest BCUT2D eigenvalue weighted by Crippen LogP contribution is -2.25. The maximum Gasteiger partial charge on any atom is 0.144 e. The number of nitrogens with zero attached hydrogens (tertiary/aromatic N) is 1. The molecular formula is C11H13Cl2NOS. The standard InChI is InChI=1S/C11H13Cl2NOS/c1-11(2,3)16(15)14-7-8-4-9(12)6-10(13)5-8/h4-7H,1-3H3/b14-7+/t16-/m1/s1. The molecule has 0 heterocycles. The van der Waals surface area contributed by atoms with Gasteiger partial charge in [0.15, 0.2) is 0 Å². The molecule has 0 N–H and O–H groups in total. The van der Waals surface area contributed by atoms with E-state index in [-0.39, 0.29) is 4.75 Å². The van der Waals surface area contributed by atoms with Gasteiger partial charge in [0.05, 0.1) is 6.21 Å². The summed E-state index contributed by atoms with van der Waals surface area (Å²) in [5, 5.41) is 1.07. The Bertz CT molecular complexity index is 381. The number of hydrogen-bond acceptors (Lipinski definition) is 2. The zero-order valence-corrected chi connectivity index (χ0v) is 11.7. The summed E-state index contributed by atoms with van der Waals surface area (Å²) in [6.07, 6.45) is 1.53. The second kappa shape index (κ2) is 5.41. The second-order valence-electron chi connectivity index (χ2n) is 4.30. The van der Waals surface area contributed by atoms with E-state index < -0.39 is 11.4 Å². The van der Waals surface area contributed by atoms with Gasteiger partial charge in [-0.15, -0.1) is 0 Å². The fraction of sp³-hybridized carbons (Fsp3) is 0.364. The van der Waals surface area contributed by atoms with Crippen molar-refractivity contribution in [3.05, 3.63) is 33.8 Å². The van der Waals surface area contributed by atoms with E-state index in [4.69, 9.17) is 23.2 Å². The van der Waals surface area contributed by atoms with Crippen LogP contribution in [0.2, 0.25) is 10.0 Å². The van der Waals surface area contributed by atoms with Crippen molar-refractivity contribution < 1.29 is 4.55 Å². The zero-order valence-electron chi connectivity index (χ0n) is 9.33. The van der Waals surface area contributed by atoms with Crippen LogP contribution in [0.5, 0.6) is 0 Å². The fourth-order valence-electron chi connectivity index (χ4n) is 0.917. The number of benzene rings is 1. The summed E-state index contributed by atoms with van der Waals surface area (Å²) in [7, 11) is 0. The Morgan fingerprint density at radius 2 is 1.69 bits per heavy atom. The van der Waals surface area contributed by atoms with E-state index in [9.17, 15) is 4.55 Å². The molecule has 0 aliphatic carbocycles. The van der Waals surface area contributed by atoms with Gasteiger partial charge in [0.2, 0.25) is 0 Å². The Hall–Kier alpha value is -0.220. The van der Waals surface area contributed by atoms with Gasteiger partial charge < -0.3 is 4.55 Å². The first-order valence-corrected chi connectivity index (χ1v) is 6.57. The van der Waals surface area contributed by atoms with Crippen LogP contribution in [0.4, 0.5) is 0 Å². The predicted octanol–water partition coefficient (Wildman–Crippen LogP) is 3.87. The van der Waals surface area contributed by atoms with Crippen molar-refractivity contribution in [3.63, 3.8) is 0 Å². The zero-order chi connectivity index (χ0) is 12.3. The summed E-state index contributed by atoms with van der Waals surface area (Å²) in [4.78, 5) is 0. The van der Waals surface area contributed by atoms with Crippen molar-refractivity contribution in [1.82, 2.24) is 0 Å². The Morgan fingerprint density at radius 1 is 1.19 bits per heavy atom. The molecule has 1 aromatic rings. The van der Waals surface area contributed by atoms with E-state index in [0.717, 1.165) is 5.56 Å². The van der Waals surface area contributed by atoms with Gasteiger partial charge in [-0.3, -0.25) is 0 Å². The summed E-state index contributed by atoms with van der Waals surface area (Å²) in [6, 6.07) is 5.08. The molecule has 1 aromatic carbocycles. The van der Waals surface area contributed by atoms with Crippen molar-refractivity contribution in [2.24, 2.45) is 4.40 Å². The van der Waals surface area contributed by atoms with Crippen LogP contribution in [0.3, 0.4) is 0 Å². The van der Waals surface area contributed by atoms with Crippen molar-refractivity contribution in [2.75, 3.05) is 0 Å². The first-order chi connectivity index (χ1) is 7.29. The van der Waals surface area contributed by atoms with Gasteiger partial charge in [-0.2, -0.15) is 0 Å². The van der Waals surface area contributed by atoms with Crippen LogP contribution in [0.1, 0.15) is 26.3 Å². The van der Waals surface area contributed by atoms with Crippen LogP contribution in [0.15, 0.2) is 22.6 Å². The van der Waals surface area contributed by atoms with Crippen molar-refractivity contribution in [1.29, 1.82) is 0 Å². The normalized spacial score (nSPS) is 14.4. The minimum Gasteiger partial charge on any atom is -0.591 e. The Morgan fingerprint density at radius 3 is 2.12 bits per heavy atom. The van der Waals surface area contributed by atoms with Crippen LogP contribution >= 0.6 is 23.2 Å². The molecule has 0 aromatic heterocycles. The van der Waals surface area contributed by atoms with Gasteiger partial charge in [-0.1, -0.05) is 27.6 Å². The molecule has 88 valence electrons. The summed E-state index contributed by atoms with van der Waals surface area (Å²) >= 11 is 10.4. The molecular weight excluding hydrogens is 265 g/mol. The molecule has 0 amide bonds. The topological polar surface area (TPSA) is 35.4 Å². The Balaban J connectivity index is 2.84. The predicted molar refractivity (Wildman–Crippen MR) is 72.0 cm³/mol. The fourth-order valence-corrected chi connectivity index (χ4v) is 1.99. The van der Waals surface area contributed by atoms with E-state index in [1.165, 1.54) is 6.21 Å². The molecule has 0 radical (unpaired) electrons. The van der Waals surface area contributed by atoms with Crippen LogP contribution in [-0.4, -0.2) is 15.5 Å². The summed E-state index contributed by atoms with van der Waals surface area (Å²) in [6.45, 7) is 5.60.